The van der Waals surface area contributed by atoms with Gasteiger partial charge in [0.15, 0.2) is 12.2 Å². The molecule has 3 N–H and O–H groups in total. The summed E-state index contributed by atoms with van der Waals surface area (Å²) in [5, 5.41) is 10.6. The molecule has 0 spiro atoms. The van der Waals surface area contributed by atoms with Gasteiger partial charge in [-0.1, -0.05) is 311 Å². The lowest BCUT2D eigenvalue weighted by molar-refractivity contribution is -0.161. The highest BCUT2D eigenvalue weighted by molar-refractivity contribution is 7.47. The van der Waals surface area contributed by atoms with Crippen molar-refractivity contribution in [1.82, 2.24) is 0 Å². The minimum absolute atomic E-state index is 0.102. The van der Waals surface area contributed by atoms with Gasteiger partial charge in [0.05, 0.1) is 26.4 Å². The largest absolute Gasteiger partial charge is 0.472 e. The first-order valence-electron chi connectivity index (χ1n) is 37.0. The second kappa shape index (κ2) is 63.1. The van der Waals surface area contributed by atoms with E-state index in [0.717, 1.165) is 109 Å². The van der Waals surface area contributed by atoms with Crippen LogP contribution in [0.1, 0.15) is 363 Å². The van der Waals surface area contributed by atoms with Gasteiger partial charge in [-0.2, -0.15) is 0 Å². The van der Waals surface area contributed by atoms with Crippen molar-refractivity contribution in [2.45, 2.75) is 381 Å². The smallest absolute Gasteiger partial charge is 0.462 e. The third kappa shape index (κ3) is 64.8. The molecule has 5 atom stereocenters. The number of rotatable bonds is 70. The van der Waals surface area contributed by atoms with E-state index in [1.807, 2.05) is 0 Å². The number of carbonyl (C=O) groups excluding carboxylic acids is 4. The van der Waals surface area contributed by atoms with Crippen LogP contribution in [0.3, 0.4) is 0 Å². The van der Waals surface area contributed by atoms with Crippen LogP contribution in [0.2, 0.25) is 0 Å². The van der Waals surface area contributed by atoms with Gasteiger partial charge in [0.25, 0.3) is 0 Å². The van der Waals surface area contributed by atoms with Crippen molar-refractivity contribution in [3.63, 3.8) is 0 Å². The Hall–Kier alpha value is -1.94. The van der Waals surface area contributed by atoms with Crippen LogP contribution in [-0.2, 0) is 65.4 Å². The third-order valence-electron chi connectivity index (χ3n) is 16.5. The molecule has 2 unspecified atom stereocenters. The van der Waals surface area contributed by atoms with E-state index in [4.69, 9.17) is 37.0 Å². The van der Waals surface area contributed by atoms with E-state index in [2.05, 4.69) is 41.5 Å². The summed E-state index contributed by atoms with van der Waals surface area (Å²) < 4.78 is 68.1. The Morgan fingerprint density at radius 1 is 0.300 bits per heavy atom. The monoisotopic (exact) mass is 1320 g/mol. The summed E-state index contributed by atoms with van der Waals surface area (Å²) in [5.41, 5.74) is 0. The molecule has 0 aromatic rings. The molecule has 17 nitrogen and oxygen atoms in total. The number of esters is 4. The Morgan fingerprint density at radius 2 is 0.511 bits per heavy atom. The third-order valence-corrected chi connectivity index (χ3v) is 18.4. The van der Waals surface area contributed by atoms with Crippen LogP contribution in [-0.4, -0.2) is 96.7 Å². The minimum atomic E-state index is -4.95. The van der Waals surface area contributed by atoms with Crippen molar-refractivity contribution in [3.8, 4) is 0 Å². The standard InChI is InChI=1S/C71H138O17P2/c1-7-9-11-13-15-16-17-18-19-20-21-22-23-24-25-26-27-32-36-43-49-55-70(75)87-66(60-82-69(74)54-48-42-35-31-29-28-30-34-39-45-51-63(3)4)61-85-89(77,78)83-57-65(72)58-84-90(79,80)86-62-67(59-81-68(73)53-47-41-33-14-12-10-8-2)88-71(76)56-50-44-38-37-40-46-52-64(5)6/h63-67,72H,7-62H2,1-6H3,(H,77,78)(H,79,80)/t65-,66-,67-/m1/s1. The lowest BCUT2D eigenvalue weighted by Gasteiger charge is -2.21. The molecule has 0 radical (unpaired) electrons. The predicted octanol–water partition coefficient (Wildman–Crippen LogP) is 20.4. The number of phosphoric acid groups is 2. The Balaban J connectivity index is 5.14. The average molecular weight is 1330 g/mol. The van der Waals surface area contributed by atoms with Crippen molar-refractivity contribution in [2.24, 2.45) is 11.8 Å². The van der Waals surface area contributed by atoms with Crippen LogP contribution in [0, 0.1) is 11.8 Å². The van der Waals surface area contributed by atoms with Crippen LogP contribution >= 0.6 is 15.6 Å². The highest BCUT2D eigenvalue weighted by Crippen LogP contribution is 2.45. The summed E-state index contributed by atoms with van der Waals surface area (Å²) in [4.78, 5) is 72.3. The van der Waals surface area contributed by atoms with Crippen molar-refractivity contribution in [3.05, 3.63) is 0 Å². The quantitative estimate of drug-likeness (QED) is 0.0222. The van der Waals surface area contributed by atoms with Gasteiger partial charge in [0.2, 0.25) is 0 Å². The number of aliphatic hydroxyl groups excluding tert-OH is 1. The Labute approximate surface area is 549 Å². The second-order valence-corrected chi connectivity index (χ2v) is 29.5. The molecule has 90 heavy (non-hydrogen) atoms. The normalized spacial score (nSPS) is 14.1. The fourth-order valence-corrected chi connectivity index (χ4v) is 12.3. The molecule has 0 aliphatic carbocycles. The lowest BCUT2D eigenvalue weighted by atomic mass is 10.0. The van der Waals surface area contributed by atoms with E-state index < -0.39 is 97.5 Å². The van der Waals surface area contributed by atoms with Crippen LogP contribution in [0.5, 0.6) is 0 Å². The maximum absolute atomic E-state index is 13.0. The summed E-state index contributed by atoms with van der Waals surface area (Å²) >= 11 is 0. The lowest BCUT2D eigenvalue weighted by Crippen LogP contribution is -2.30. The van der Waals surface area contributed by atoms with Gasteiger partial charge in [-0.15, -0.1) is 0 Å². The number of phosphoric ester groups is 2. The Bertz CT molecular complexity index is 1750. The van der Waals surface area contributed by atoms with Gasteiger partial charge < -0.3 is 33.8 Å². The molecule has 0 bridgehead atoms. The molecule has 19 heteroatoms. The average Bonchev–Trinajstić information content (AvgIpc) is 3.65. The number of aliphatic hydroxyl groups is 1. The summed E-state index contributed by atoms with van der Waals surface area (Å²) in [7, 11) is -9.89. The van der Waals surface area contributed by atoms with E-state index in [1.165, 1.54) is 167 Å². The molecule has 0 aromatic carbocycles. The molecule has 0 rings (SSSR count). The van der Waals surface area contributed by atoms with Gasteiger partial charge in [0, 0.05) is 25.7 Å². The number of ether oxygens (including phenoxy) is 4. The first-order valence-corrected chi connectivity index (χ1v) is 40.0. The van der Waals surface area contributed by atoms with Gasteiger partial charge in [-0.3, -0.25) is 37.3 Å². The summed E-state index contributed by atoms with van der Waals surface area (Å²) in [6.07, 6.45) is 49.1. The van der Waals surface area contributed by atoms with Crippen LogP contribution < -0.4 is 0 Å². The highest BCUT2D eigenvalue weighted by atomic mass is 31.2. The molecule has 0 aliphatic rings. The van der Waals surface area contributed by atoms with E-state index in [-0.39, 0.29) is 25.7 Å². The van der Waals surface area contributed by atoms with E-state index in [9.17, 15) is 43.2 Å². The molecule has 534 valence electrons. The summed E-state index contributed by atoms with van der Waals surface area (Å²) in [6.45, 7) is 9.41. The van der Waals surface area contributed by atoms with Gasteiger partial charge in [0.1, 0.15) is 19.3 Å². The molecule has 0 saturated heterocycles. The van der Waals surface area contributed by atoms with Crippen molar-refractivity contribution < 1.29 is 80.2 Å². The number of hydrogen-bond donors (Lipinski definition) is 3. The van der Waals surface area contributed by atoms with Crippen LogP contribution in [0.15, 0.2) is 0 Å². The second-order valence-electron chi connectivity index (χ2n) is 26.6. The molecule has 0 fully saturated rings. The van der Waals surface area contributed by atoms with Crippen molar-refractivity contribution in [2.75, 3.05) is 39.6 Å². The number of unbranched alkanes of at least 4 members (excludes halogenated alkanes) is 40. The zero-order chi connectivity index (χ0) is 66.5. The number of hydrogen-bond acceptors (Lipinski definition) is 15. The van der Waals surface area contributed by atoms with Gasteiger partial charge >= 0.3 is 39.5 Å². The molecule has 0 amide bonds. The fourth-order valence-electron chi connectivity index (χ4n) is 10.8. The van der Waals surface area contributed by atoms with Crippen LogP contribution in [0.25, 0.3) is 0 Å². The first kappa shape index (κ1) is 88.1. The van der Waals surface area contributed by atoms with Gasteiger partial charge in [-0.05, 0) is 37.5 Å². The Morgan fingerprint density at radius 3 is 0.756 bits per heavy atom. The highest BCUT2D eigenvalue weighted by Gasteiger charge is 2.30. The maximum Gasteiger partial charge on any atom is 0.472 e. The van der Waals surface area contributed by atoms with Crippen molar-refractivity contribution >= 4 is 39.5 Å². The zero-order valence-electron chi connectivity index (χ0n) is 58.4. The van der Waals surface area contributed by atoms with Crippen molar-refractivity contribution in [1.29, 1.82) is 0 Å². The van der Waals surface area contributed by atoms with E-state index in [1.54, 1.807) is 0 Å². The molecule has 0 aromatic heterocycles. The first-order chi connectivity index (χ1) is 43.4. The summed E-state index contributed by atoms with van der Waals surface area (Å²) in [6, 6.07) is 0. The molecule has 0 aliphatic heterocycles. The molecular weight excluding hydrogens is 1190 g/mol. The fraction of sp³-hybridized carbons (Fsp3) is 0.944. The maximum atomic E-state index is 13.0. The zero-order valence-corrected chi connectivity index (χ0v) is 60.2. The molecule has 0 saturated carbocycles. The van der Waals surface area contributed by atoms with Gasteiger partial charge in [-0.25, -0.2) is 9.13 Å². The topological polar surface area (TPSA) is 237 Å². The molecule has 0 heterocycles. The minimum Gasteiger partial charge on any atom is -0.462 e. The predicted molar refractivity (Wildman–Crippen MR) is 363 cm³/mol. The van der Waals surface area contributed by atoms with Crippen LogP contribution in [0.4, 0.5) is 0 Å². The van der Waals surface area contributed by atoms with E-state index in [0.29, 0.717) is 31.6 Å². The number of carbonyl (C=O) groups is 4. The summed E-state index contributed by atoms with van der Waals surface area (Å²) in [5.74, 6) is -0.706. The SMILES string of the molecule is CCCCCCCCCCCCCCCCCCCCCCCC(=O)O[C@H](COC(=O)CCCCCCCCCCCCC(C)C)COP(=O)(O)OC[C@@H](O)COP(=O)(O)OC[C@@H](COC(=O)CCCCCCCCC)OC(=O)CCCCCCCCC(C)C. The van der Waals surface area contributed by atoms with E-state index >= 15 is 0 Å². The molecular formula is C71H138O17P2. The Kier molecular flexibility index (Phi) is 61.8.